The molecule has 0 saturated carbocycles. The number of benzene rings is 2. The second-order valence-corrected chi connectivity index (χ2v) is 21.4. The van der Waals surface area contributed by atoms with E-state index >= 15 is 0 Å². The van der Waals surface area contributed by atoms with Crippen molar-refractivity contribution in [1.29, 1.82) is 0 Å². The van der Waals surface area contributed by atoms with Gasteiger partial charge >= 0.3 is 0 Å². The van der Waals surface area contributed by atoms with Crippen LogP contribution < -0.4 is 0 Å². The fourth-order valence-electron chi connectivity index (χ4n) is 10.7. The molecule has 2 aromatic carbocycles. The molecule has 0 radical (unpaired) electrons. The Hall–Kier alpha value is -2.61. The predicted molar refractivity (Wildman–Crippen MR) is 301 cm³/mol. The number of hydrogen-bond acceptors (Lipinski definition) is 0. The fraction of sp³-hybridized carbons (Fsp3) is 0.738. The zero-order valence-electron chi connectivity index (χ0n) is 45.7. The maximum atomic E-state index is 10.2. The monoisotopic (exact) mass is 919 g/mol. The number of nitrogens with zero attached hydrogens (tertiary/aromatic N) is 1. The van der Waals surface area contributed by atoms with Crippen LogP contribution in [-0.2, 0) is 25.7 Å². The van der Waals surface area contributed by atoms with Gasteiger partial charge in [-0.05, 0) is 124 Å². The van der Waals surface area contributed by atoms with E-state index in [1.54, 1.807) is 0 Å². The molecule has 0 spiro atoms. The van der Waals surface area contributed by atoms with Gasteiger partial charge in [-0.1, -0.05) is 252 Å². The van der Waals surface area contributed by atoms with Crippen LogP contribution in [0.2, 0.25) is 0 Å². The molecule has 1 aliphatic rings. The Labute approximate surface area is 418 Å². The molecule has 2 nitrogen and oxygen atoms in total. The van der Waals surface area contributed by atoms with E-state index in [0.29, 0.717) is 0 Å². The Morgan fingerprint density at radius 1 is 0.328 bits per heavy atom. The van der Waals surface area contributed by atoms with Gasteiger partial charge in [0, 0.05) is 16.7 Å². The van der Waals surface area contributed by atoms with Crippen LogP contribution in [-0.4, -0.2) is 10.4 Å². The largest absolute Gasteiger partial charge is 0.448 e. The number of rotatable bonds is 44. The summed E-state index contributed by atoms with van der Waals surface area (Å²) in [5, 5.41) is 0. The van der Waals surface area contributed by atoms with Crippen LogP contribution in [0.5, 0.6) is 0 Å². The third-order valence-electron chi connectivity index (χ3n) is 14.9. The third kappa shape index (κ3) is 24.7. The van der Waals surface area contributed by atoms with Crippen LogP contribution in [0.25, 0.3) is 11.5 Å². The Balaban J connectivity index is 1.71. The van der Waals surface area contributed by atoms with Crippen molar-refractivity contribution in [2.24, 2.45) is 0 Å². The molecular formula is C65H110N2. The highest BCUT2D eigenvalue weighted by molar-refractivity contribution is 6.16. The summed E-state index contributed by atoms with van der Waals surface area (Å²) in [7, 11) is 0. The molecule has 1 heterocycles. The van der Waals surface area contributed by atoms with E-state index in [9.17, 15) is 5.84 Å². The van der Waals surface area contributed by atoms with Crippen LogP contribution in [0.15, 0.2) is 53.6 Å². The molecule has 380 valence electrons. The lowest BCUT2D eigenvalue weighted by molar-refractivity contribution is -0.347. The molecule has 0 bridgehead atoms. The van der Waals surface area contributed by atoms with Crippen LogP contribution >= 0.6 is 0 Å². The number of allylic oxidation sites excluding steroid dienone is 3. The molecule has 0 atom stereocenters. The topological polar surface area (TPSA) is 26.8 Å². The van der Waals surface area contributed by atoms with Crippen LogP contribution in [0, 0.1) is 0 Å². The standard InChI is InChI=1S/C65H110N2/c1-7-13-19-21-23-24-25-26-27-28-29-30-31-32-33-34-35-36-37-38-39-41-43-49-63-62(48-42-40-22-20-14-8-2)64(60-52-56(44-15-9-3)50-57(53-60)45-16-10-4)67(66)65(63)61-54-58(46-17-11-5)51-59(55-61)47-18-12-6/h49-55,66H,7-48H2,1-6H3. The van der Waals surface area contributed by atoms with E-state index in [0.717, 1.165) is 44.2 Å². The van der Waals surface area contributed by atoms with Crippen molar-refractivity contribution in [1.82, 2.24) is 0 Å². The molecule has 0 aliphatic carbocycles. The summed E-state index contributed by atoms with van der Waals surface area (Å²) in [6.45, 7) is 13.9. The number of aryl methyl sites for hydroxylation is 4. The molecule has 67 heavy (non-hydrogen) atoms. The Morgan fingerprint density at radius 2 is 0.627 bits per heavy atom. The number of nitrogens with one attached hydrogen (secondary N) is 1. The van der Waals surface area contributed by atoms with E-state index in [1.807, 2.05) is 4.68 Å². The van der Waals surface area contributed by atoms with Crippen LogP contribution in [0.1, 0.15) is 319 Å². The van der Waals surface area contributed by atoms with Crippen LogP contribution in [0.4, 0.5) is 0 Å². The third-order valence-corrected chi connectivity index (χ3v) is 14.9. The van der Waals surface area contributed by atoms with Gasteiger partial charge in [-0.3, -0.25) is 0 Å². The Kier molecular flexibility index (Phi) is 34.3. The summed E-state index contributed by atoms with van der Waals surface area (Å²) in [6, 6.07) is 14.9. The van der Waals surface area contributed by atoms with Crippen molar-refractivity contribution in [3.63, 3.8) is 0 Å². The average molecular weight is 920 g/mol. The summed E-state index contributed by atoms with van der Waals surface area (Å²) in [5.74, 6) is 10.2. The molecule has 1 N–H and O–H groups in total. The van der Waals surface area contributed by atoms with Crippen LogP contribution in [0.3, 0.4) is 0 Å². The lowest BCUT2D eigenvalue weighted by Crippen LogP contribution is -2.13. The minimum atomic E-state index is 1.06. The average Bonchev–Trinajstić information content (AvgIpc) is 3.62. The number of hydrogen-bond donors (Lipinski definition) is 0. The molecule has 2 heteroatoms. The highest BCUT2D eigenvalue weighted by Crippen LogP contribution is 2.39. The van der Waals surface area contributed by atoms with Crippen molar-refractivity contribution in [3.05, 3.63) is 92.8 Å². The summed E-state index contributed by atoms with van der Waals surface area (Å²) in [5.41, 5.74) is 13.6. The van der Waals surface area contributed by atoms with Crippen molar-refractivity contribution < 1.29 is 4.68 Å². The van der Waals surface area contributed by atoms with Gasteiger partial charge in [-0.25, -0.2) is 4.68 Å². The van der Waals surface area contributed by atoms with Gasteiger partial charge in [0.15, 0.2) is 0 Å². The van der Waals surface area contributed by atoms with Crippen molar-refractivity contribution in [3.8, 4) is 0 Å². The summed E-state index contributed by atoms with van der Waals surface area (Å²) >= 11 is 0. The lowest BCUT2D eigenvalue weighted by Gasteiger charge is -2.13. The van der Waals surface area contributed by atoms with E-state index in [4.69, 9.17) is 0 Å². The van der Waals surface area contributed by atoms with Gasteiger partial charge in [0.05, 0.1) is 5.57 Å². The van der Waals surface area contributed by atoms with E-state index < -0.39 is 0 Å². The predicted octanol–water partition coefficient (Wildman–Crippen LogP) is 21.9. The summed E-state index contributed by atoms with van der Waals surface area (Å²) in [4.78, 5) is 0. The second kappa shape index (κ2) is 39.1. The SMILES string of the molecule is CCCCCCCCCCCCCCCCCCCCCCCCC=C1C(CCCCCCCC)=C(c2cc(CCCC)cc(CCCC)c2)[N+]([NH-])=C1c1cc(CCCC)cc(CCCC)c1. The van der Waals surface area contributed by atoms with Gasteiger partial charge in [0.25, 0.3) is 0 Å². The smallest absolute Gasteiger partial charge is 0.215 e. The van der Waals surface area contributed by atoms with Crippen molar-refractivity contribution in [2.75, 3.05) is 0 Å². The number of unbranched alkanes of at least 4 members (excludes halogenated alkanes) is 31. The summed E-state index contributed by atoms with van der Waals surface area (Å²) in [6.07, 6.45) is 58.2. The fourth-order valence-corrected chi connectivity index (χ4v) is 10.7. The normalized spacial score (nSPS) is 13.6. The Morgan fingerprint density at radius 3 is 0.970 bits per heavy atom. The minimum Gasteiger partial charge on any atom is -0.448 e. The van der Waals surface area contributed by atoms with Crippen molar-refractivity contribution >= 4 is 11.4 Å². The highest BCUT2D eigenvalue weighted by Gasteiger charge is 2.35. The quantitative estimate of drug-likeness (QED) is 0.0468. The zero-order valence-corrected chi connectivity index (χ0v) is 45.7. The molecule has 2 aromatic rings. The molecular weight excluding hydrogens is 809 g/mol. The lowest BCUT2D eigenvalue weighted by atomic mass is 9.88. The minimum absolute atomic E-state index is 1.06. The first-order valence-electron chi connectivity index (χ1n) is 30.1. The van der Waals surface area contributed by atoms with E-state index in [-0.39, 0.29) is 0 Å². The zero-order chi connectivity index (χ0) is 48.0. The maximum Gasteiger partial charge on any atom is 0.215 e. The van der Waals surface area contributed by atoms with Gasteiger partial charge < -0.3 is 5.84 Å². The molecule has 0 unspecified atom stereocenters. The molecule has 0 aromatic heterocycles. The first-order chi connectivity index (χ1) is 33.0. The highest BCUT2D eigenvalue weighted by atomic mass is 15.3. The maximum absolute atomic E-state index is 10.2. The first-order valence-corrected chi connectivity index (χ1v) is 30.1. The van der Waals surface area contributed by atoms with E-state index in [2.05, 4.69) is 84.0 Å². The van der Waals surface area contributed by atoms with E-state index in [1.165, 1.54) is 281 Å². The van der Waals surface area contributed by atoms with Gasteiger partial charge in [0.2, 0.25) is 11.4 Å². The molecule has 0 fully saturated rings. The molecule has 0 amide bonds. The Bertz CT molecular complexity index is 1590. The second-order valence-electron chi connectivity index (χ2n) is 21.4. The molecule has 3 rings (SSSR count). The molecule has 1 aliphatic heterocycles. The van der Waals surface area contributed by atoms with Crippen molar-refractivity contribution in [2.45, 2.75) is 311 Å². The van der Waals surface area contributed by atoms with Gasteiger partial charge in [-0.2, -0.15) is 0 Å². The summed E-state index contributed by atoms with van der Waals surface area (Å²) < 4.78 is 1.93. The van der Waals surface area contributed by atoms with Gasteiger partial charge in [0.1, 0.15) is 0 Å². The van der Waals surface area contributed by atoms with Gasteiger partial charge in [-0.15, -0.1) is 0 Å². The molecule has 0 saturated heterocycles. The first kappa shape index (κ1) is 58.7.